The predicted octanol–water partition coefficient (Wildman–Crippen LogP) is 2.89. The van der Waals surface area contributed by atoms with E-state index in [0.717, 1.165) is 18.7 Å². The number of hydrogen-bond acceptors (Lipinski definition) is 2. The molecule has 2 rings (SSSR count). The number of aryl methyl sites for hydroxylation is 1. The lowest BCUT2D eigenvalue weighted by molar-refractivity contribution is -0.136. The Morgan fingerprint density at radius 1 is 1.45 bits per heavy atom. The van der Waals surface area contributed by atoms with Crippen molar-refractivity contribution in [2.45, 2.75) is 37.5 Å². The van der Waals surface area contributed by atoms with Crippen LogP contribution in [0.1, 0.15) is 31.0 Å². The van der Waals surface area contributed by atoms with Crippen molar-refractivity contribution < 1.29 is 17.6 Å². The summed E-state index contributed by atoms with van der Waals surface area (Å²) in [5.74, 6) is -2.78. The zero-order chi connectivity index (χ0) is 14.8. The molecule has 114 valence electrons. The molecule has 1 aromatic heterocycles. The van der Waals surface area contributed by atoms with Gasteiger partial charge in [0.2, 0.25) is 0 Å². The first kappa shape index (κ1) is 15.3. The van der Waals surface area contributed by atoms with Crippen molar-refractivity contribution in [1.82, 2.24) is 14.5 Å². The highest BCUT2D eigenvalue weighted by Gasteiger charge is 2.40. The maximum Gasteiger partial charge on any atom is 0.308 e. The monoisotopic (exact) mass is 293 g/mol. The Balaban J connectivity index is 1.90. The van der Waals surface area contributed by atoms with Crippen LogP contribution in [0.2, 0.25) is 0 Å². The Morgan fingerprint density at radius 2 is 2.20 bits per heavy atom. The van der Waals surface area contributed by atoms with Gasteiger partial charge >= 0.3 is 12.3 Å². The molecule has 0 aromatic carbocycles. The summed E-state index contributed by atoms with van der Waals surface area (Å²) >= 11 is 0. The van der Waals surface area contributed by atoms with Gasteiger partial charge in [0.1, 0.15) is 5.82 Å². The normalized spacial score (nSPS) is 21.6. The lowest BCUT2D eigenvalue weighted by atomic mass is 9.97. The van der Waals surface area contributed by atoms with Gasteiger partial charge in [0.05, 0.1) is 0 Å². The first-order valence-corrected chi connectivity index (χ1v) is 6.75. The Hall–Kier alpha value is -1.11. The van der Waals surface area contributed by atoms with Gasteiger partial charge < -0.3 is 9.47 Å². The molecule has 0 amide bonds. The molecule has 20 heavy (non-hydrogen) atoms. The molecular formula is C13H19F4N3. The van der Waals surface area contributed by atoms with Crippen LogP contribution < -0.4 is 0 Å². The molecule has 2 heterocycles. The van der Waals surface area contributed by atoms with Gasteiger partial charge in [-0.3, -0.25) is 0 Å². The summed E-state index contributed by atoms with van der Waals surface area (Å²) in [5, 5.41) is 0. The second kappa shape index (κ2) is 6.11. The minimum atomic E-state index is -3.89. The zero-order valence-corrected chi connectivity index (χ0v) is 11.4. The number of rotatable bonds is 5. The van der Waals surface area contributed by atoms with Crippen molar-refractivity contribution in [2.24, 2.45) is 7.05 Å². The van der Waals surface area contributed by atoms with Gasteiger partial charge in [0.25, 0.3) is 0 Å². The molecule has 0 saturated carbocycles. The molecule has 1 atom stereocenters. The van der Waals surface area contributed by atoms with E-state index in [1.54, 1.807) is 6.20 Å². The molecule has 1 fully saturated rings. The predicted molar refractivity (Wildman–Crippen MR) is 67.2 cm³/mol. The number of likely N-dealkylation sites (tertiary alicyclic amines) is 1. The van der Waals surface area contributed by atoms with E-state index in [9.17, 15) is 17.6 Å². The average molecular weight is 293 g/mol. The standard InChI is InChI=1S/C13H19F4N3/c1-19-8-5-18-11(19)10-3-2-6-20(9-10)7-4-13(16,17)12(14)15/h5,8,10,12H,2-4,6-7,9H2,1H3. The third-order valence-corrected chi connectivity index (χ3v) is 3.81. The van der Waals surface area contributed by atoms with Crippen LogP contribution in [0.25, 0.3) is 0 Å². The number of imidazole rings is 1. The van der Waals surface area contributed by atoms with Gasteiger partial charge in [-0.1, -0.05) is 0 Å². The maximum atomic E-state index is 12.9. The first-order chi connectivity index (χ1) is 9.40. The SMILES string of the molecule is Cn1ccnc1C1CCCN(CCC(F)(F)C(F)F)C1. The van der Waals surface area contributed by atoms with E-state index >= 15 is 0 Å². The fraction of sp³-hybridized carbons (Fsp3) is 0.769. The zero-order valence-electron chi connectivity index (χ0n) is 11.4. The molecule has 1 saturated heterocycles. The summed E-state index contributed by atoms with van der Waals surface area (Å²) < 4.78 is 52.1. The number of nitrogens with zero attached hydrogens (tertiary/aromatic N) is 3. The number of halogens is 4. The molecule has 0 N–H and O–H groups in total. The third kappa shape index (κ3) is 3.50. The van der Waals surface area contributed by atoms with Crippen LogP contribution in [0.15, 0.2) is 12.4 Å². The number of hydrogen-bond donors (Lipinski definition) is 0. The van der Waals surface area contributed by atoms with Gasteiger partial charge in [-0.2, -0.15) is 0 Å². The molecule has 1 aliphatic rings. The summed E-state index contributed by atoms with van der Waals surface area (Å²) in [7, 11) is 1.90. The van der Waals surface area contributed by atoms with Crippen molar-refractivity contribution >= 4 is 0 Å². The second-order valence-corrected chi connectivity index (χ2v) is 5.35. The minimum absolute atomic E-state index is 0.00172. The van der Waals surface area contributed by atoms with E-state index in [0.29, 0.717) is 13.1 Å². The maximum absolute atomic E-state index is 12.9. The highest BCUT2D eigenvalue weighted by atomic mass is 19.3. The van der Waals surface area contributed by atoms with E-state index in [2.05, 4.69) is 4.98 Å². The second-order valence-electron chi connectivity index (χ2n) is 5.35. The molecular weight excluding hydrogens is 274 g/mol. The van der Waals surface area contributed by atoms with Crippen LogP contribution in [0.3, 0.4) is 0 Å². The molecule has 1 unspecified atom stereocenters. The number of piperidine rings is 1. The van der Waals surface area contributed by atoms with Crippen molar-refractivity contribution in [3.63, 3.8) is 0 Å². The van der Waals surface area contributed by atoms with Crippen molar-refractivity contribution in [3.05, 3.63) is 18.2 Å². The average Bonchev–Trinajstić information content (AvgIpc) is 2.83. The topological polar surface area (TPSA) is 21.1 Å². The Morgan fingerprint density at radius 3 is 2.80 bits per heavy atom. The van der Waals surface area contributed by atoms with Gasteiger partial charge in [-0.15, -0.1) is 0 Å². The summed E-state index contributed by atoms with van der Waals surface area (Å²) in [6, 6.07) is 0. The van der Waals surface area contributed by atoms with Crippen LogP contribution in [-0.4, -0.2) is 46.4 Å². The molecule has 0 bridgehead atoms. The van der Waals surface area contributed by atoms with E-state index < -0.39 is 18.8 Å². The van der Waals surface area contributed by atoms with Crippen LogP contribution in [-0.2, 0) is 7.05 Å². The summed E-state index contributed by atoms with van der Waals surface area (Å²) in [4.78, 5) is 6.11. The van der Waals surface area contributed by atoms with E-state index in [-0.39, 0.29) is 12.5 Å². The highest BCUT2D eigenvalue weighted by Crippen LogP contribution is 2.29. The van der Waals surface area contributed by atoms with Crippen LogP contribution in [0.4, 0.5) is 17.6 Å². The molecule has 1 aliphatic heterocycles. The van der Waals surface area contributed by atoms with Crippen LogP contribution in [0.5, 0.6) is 0 Å². The quantitative estimate of drug-likeness (QED) is 0.778. The molecule has 7 heteroatoms. The van der Waals surface area contributed by atoms with Gasteiger partial charge in [0.15, 0.2) is 0 Å². The Bertz CT molecular complexity index is 433. The summed E-state index contributed by atoms with van der Waals surface area (Å²) in [6.07, 6.45) is 0.999. The lowest BCUT2D eigenvalue weighted by Gasteiger charge is -2.33. The van der Waals surface area contributed by atoms with Crippen LogP contribution in [0, 0.1) is 0 Å². The third-order valence-electron chi connectivity index (χ3n) is 3.81. The smallest absolute Gasteiger partial charge is 0.308 e. The van der Waals surface area contributed by atoms with Crippen molar-refractivity contribution in [2.75, 3.05) is 19.6 Å². The number of aromatic nitrogens is 2. The van der Waals surface area contributed by atoms with Crippen molar-refractivity contribution in [3.8, 4) is 0 Å². The molecule has 0 spiro atoms. The van der Waals surface area contributed by atoms with Crippen LogP contribution >= 0.6 is 0 Å². The lowest BCUT2D eigenvalue weighted by Crippen LogP contribution is -2.39. The first-order valence-electron chi connectivity index (χ1n) is 6.75. The fourth-order valence-corrected chi connectivity index (χ4v) is 2.66. The van der Waals surface area contributed by atoms with E-state index in [1.807, 2.05) is 22.7 Å². The Labute approximate surface area is 115 Å². The molecule has 0 aliphatic carbocycles. The Kier molecular flexibility index (Phi) is 4.67. The molecule has 3 nitrogen and oxygen atoms in total. The highest BCUT2D eigenvalue weighted by molar-refractivity contribution is 5.02. The van der Waals surface area contributed by atoms with E-state index in [1.165, 1.54) is 0 Å². The van der Waals surface area contributed by atoms with Gasteiger partial charge in [-0.25, -0.2) is 22.5 Å². The number of alkyl halides is 4. The van der Waals surface area contributed by atoms with E-state index in [4.69, 9.17) is 0 Å². The molecule has 1 aromatic rings. The van der Waals surface area contributed by atoms with Gasteiger partial charge in [0, 0.05) is 44.9 Å². The van der Waals surface area contributed by atoms with Gasteiger partial charge in [-0.05, 0) is 19.4 Å². The summed E-state index contributed by atoms with van der Waals surface area (Å²) in [6.45, 7) is 1.28. The fourth-order valence-electron chi connectivity index (χ4n) is 2.66. The summed E-state index contributed by atoms with van der Waals surface area (Å²) in [5.41, 5.74) is 0. The molecule has 0 radical (unpaired) electrons. The van der Waals surface area contributed by atoms with Crippen molar-refractivity contribution in [1.29, 1.82) is 0 Å². The largest absolute Gasteiger partial charge is 0.338 e. The minimum Gasteiger partial charge on any atom is -0.338 e.